The van der Waals surface area contributed by atoms with Crippen LogP contribution in [-0.4, -0.2) is 47.1 Å². The molecule has 1 aromatic heterocycles. The van der Waals surface area contributed by atoms with Crippen molar-refractivity contribution in [2.24, 2.45) is 0 Å². The predicted octanol–water partition coefficient (Wildman–Crippen LogP) is 4.66. The first-order chi connectivity index (χ1) is 14.4. The number of halogens is 3. The molecule has 1 atom stereocenters. The third kappa shape index (κ3) is 5.24. The number of anilines is 1. The number of nitrogens with zero attached hydrogens (tertiary/aromatic N) is 4. The molecule has 2 aromatic rings. The van der Waals surface area contributed by atoms with E-state index in [0.29, 0.717) is 11.6 Å². The van der Waals surface area contributed by atoms with Gasteiger partial charge in [0.2, 0.25) is 5.13 Å². The smallest absolute Gasteiger partial charge is 0.409 e. The number of carbonyl (C=O) groups is 2. The lowest BCUT2D eigenvalue weighted by Gasteiger charge is -2.36. The van der Waals surface area contributed by atoms with Crippen molar-refractivity contribution in [3.63, 3.8) is 0 Å². The van der Waals surface area contributed by atoms with Crippen molar-refractivity contribution < 1.29 is 32.2 Å². The predicted molar refractivity (Wildman–Crippen MR) is 106 cm³/mol. The molecule has 0 saturated carbocycles. The maximum atomic E-state index is 12.7. The summed E-state index contributed by atoms with van der Waals surface area (Å²) in [6, 6.07) is 3.20. The van der Waals surface area contributed by atoms with E-state index in [0.717, 1.165) is 24.3 Å². The van der Waals surface area contributed by atoms with E-state index in [1.807, 2.05) is 20.8 Å². The average molecular weight is 458 g/mol. The summed E-state index contributed by atoms with van der Waals surface area (Å²) in [6.07, 6.45) is -6.35. The number of amides is 2. The fraction of sp³-hybridized carbons (Fsp3) is 0.474. The third-order valence-corrected chi connectivity index (χ3v) is 5.76. The lowest BCUT2D eigenvalue weighted by Crippen LogP contribution is -2.55. The van der Waals surface area contributed by atoms with Gasteiger partial charge in [-0.2, -0.15) is 13.2 Å². The van der Waals surface area contributed by atoms with Crippen LogP contribution in [0.5, 0.6) is 5.75 Å². The Labute approximate surface area is 180 Å². The zero-order valence-electron chi connectivity index (χ0n) is 17.3. The van der Waals surface area contributed by atoms with Gasteiger partial charge in [-0.1, -0.05) is 32.1 Å². The highest BCUT2D eigenvalue weighted by Gasteiger charge is 2.38. The zero-order valence-corrected chi connectivity index (χ0v) is 18.1. The molecule has 0 spiro atoms. The Bertz CT molecular complexity index is 956. The van der Waals surface area contributed by atoms with Gasteiger partial charge in [0.25, 0.3) is 0 Å². The Morgan fingerprint density at radius 3 is 2.35 bits per heavy atom. The Kier molecular flexibility index (Phi) is 6.12. The summed E-state index contributed by atoms with van der Waals surface area (Å²) in [5, 5.41) is 9.17. The van der Waals surface area contributed by atoms with E-state index in [4.69, 9.17) is 9.47 Å². The molecule has 0 N–H and O–H groups in total. The lowest BCUT2D eigenvalue weighted by atomic mass is 9.98. The van der Waals surface area contributed by atoms with Gasteiger partial charge in [0.1, 0.15) is 10.8 Å². The van der Waals surface area contributed by atoms with E-state index in [2.05, 4.69) is 10.2 Å². The number of hydrogen-bond donors (Lipinski definition) is 0. The summed E-state index contributed by atoms with van der Waals surface area (Å²) in [5.74, 6) is -0.116. The first kappa shape index (κ1) is 22.8. The van der Waals surface area contributed by atoms with Crippen molar-refractivity contribution in [3.05, 3.63) is 34.8 Å². The van der Waals surface area contributed by atoms with Crippen LogP contribution in [0.4, 0.5) is 27.9 Å². The highest BCUT2D eigenvalue weighted by Crippen LogP contribution is 2.33. The first-order valence-corrected chi connectivity index (χ1v) is 10.1. The van der Waals surface area contributed by atoms with Crippen molar-refractivity contribution >= 4 is 28.7 Å². The van der Waals surface area contributed by atoms with E-state index in [1.165, 1.54) is 21.1 Å². The number of alkyl halides is 3. The molecular weight excluding hydrogens is 437 g/mol. The van der Waals surface area contributed by atoms with Gasteiger partial charge in [0.05, 0.1) is 5.56 Å². The topological polar surface area (TPSA) is 84.9 Å². The first-order valence-electron chi connectivity index (χ1n) is 9.30. The SMILES string of the molecule is CN1CCC(OC(=O)Oc2ccc(C(F)(F)F)cc2)N(c2nnc(C(C)(C)C)s2)C1=O. The highest BCUT2D eigenvalue weighted by atomic mass is 32.1. The fourth-order valence-electron chi connectivity index (χ4n) is 2.71. The molecule has 2 heterocycles. The van der Waals surface area contributed by atoms with Crippen molar-refractivity contribution in [3.8, 4) is 5.75 Å². The zero-order chi connectivity index (χ0) is 23.0. The Hall–Kier alpha value is -2.89. The standard InChI is InChI=1S/C19H21F3N4O4S/c1-18(2,3)14-23-24-15(31-14)26-13(9-10-25(4)16(26)27)30-17(28)29-12-7-5-11(6-8-12)19(20,21)22/h5-8,13H,9-10H2,1-4H3. The van der Waals surface area contributed by atoms with Crippen molar-refractivity contribution in [1.82, 2.24) is 15.1 Å². The number of urea groups is 1. The van der Waals surface area contributed by atoms with Crippen LogP contribution in [-0.2, 0) is 16.3 Å². The fourth-order valence-corrected chi connectivity index (χ4v) is 3.65. The number of carbonyl (C=O) groups excluding carboxylic acids is 2. The van der Waals surface area contributed by atoms with Gasteiger partial charge in [-0.15, -0.1) is 10.2 Å². The van der Waals surface area contributed by atoms with Crippen LogP contribution < -0.4 is 9.64 Å². The van der Waals surface area contributed by atoms with Gasteiger partial charge in [-0.3, -0.25) is 0 Å². The average Bonchev–Trinajstić information content (AvgIpc) is 3.15. The molecule has 12 heteroatoms. The van der Waals surface area contributed by atoms with Gasteiger partial charge in [0.15, 0.2) is 6.23 Å². The second-order valence-corrected chi connectivity index (χ2v) is 8.91. The Morgan fingerprint density at radius 1 is 1.16 bits per heavy atom. The molecule has 1 aliphatic rings. The molecule has 168 valence electrons. The molecule has 1 saturated heterocycles. The van der Waals surface area contributed by atoms with Gasteiger partial charge >= 0.3 is 18.4 Å². The quantitative estimate of drug-likeness (QED) is 0.491. The number of benzene rings is 1. The van der Waals surface area contributed by atoms with E-state index in [-0.39, 0.29) is 22.7 Å². The Morgan fingerprint density at radius 2 is 1.81 bits per heavy atom. The van der Waals surface area contributed by atoms with E-state index in [9.17, 15) is 22.8 Å². The molecule has 1 aromatic carbocycles. The largest absolute Gasteiger partial charge is 0.515 e. The van der Waals surface area contributed by atoms with Crippen LogP contribution in [0.1, 0.15) is 37.8 Å². The molecule has 0 bridgehead atoms. The van der Waals surface area contributed by atoms with Crippen molar-refractivity contribution in [2.45, 2.75) is 45.0 Å². The van der Waals surface area contributed by atoms with Gasteiger partial charge in [-0.25, -0.2) is 14.5 Å². The summed E-state index contributed by atoms with van der Waals surface area (Å²) >= 11 is 1.21. The van der Waals surface area contributed by atoms with Gasteiger partial charge in [-0.05, 0) is 24.3 Å². The minimum atomic E-state index is -4.50. The van der Waals surface area contributed by atoms with E-state index in [1.54, 1.807) is 7.05 Å². The summed E-state index contributed by atoms with van der Waals surface area (Å²) in [5.41, 5.74) is -1.15. The Balaban J connectivity index is 1.74. The molecule has 0 radical (unpaired) electrons. The second-order valence-electron chi connectivity index (χ2n) is 7.95. The van der Waals surface area contributed by atoms with E-state index >= 15 is 0 Å². The molecular formula is C19H21F3N4O4S. The van der Waals surface area contributed by atoms with Gasteiger partial charge in [0, 0.05) is 25.4 Å². The summed E-state index contributed by atoms with van der Waals surface area (Å²) in [6.45, 7) is 6.20. The molecule has 1 aliphatic heterocycles. The molecule has 31 heavy (non-hydrogen) atoms. The second kappa shape index (κ2) is 8.33. The minimum absolute atomic E-state index is 0.116. The molecule has 1 unspecified atom stereocenters. The van der Waals surface area contributed by atoms with Crippen LogP contribution in [0.15, 0.2) is 24.3 Å². The summed E-state index contributed by atoms with van der Waals surface area (Å²) in [4.78, 5) is 27.6. The number of aromatic nitrogens is 2. The van der Waals surface area contributed by atoms with Crippen LogP contribution in [0.2, 0.25) is 0 Å². The van der Waals surface area contributed by atoms with Crippen LogP contribution in [0, 0.1) is 0 Å². The normalized spacial score (nSPS) is 17.6. The van der Waals surface area contributed by atoms with Crippen LogP contribution in [0.3, 0.4) is 0 Å². The number of ether oxygens (including phenoxy) is 2. The maximum Gasteiger partial charge on any atom is 0.515 e. The van der Waals surface area contributed by atoms with E-state index < -0.39 is 30.2 Å². The highest BCUT2D eigenvalue weighted by molar-refractivity contribution is 7.15. The monoisotopic (exact) mass is 458 g/mol. The lowest BCUT2D eigenvalue weighted by molar-refractivity contribution is -0.137. The van der Waals surface area contributed by atoms with Crippen molar-refractivity contribution in [2.75, 3.05) is 18.5 Å². The number of hydrogen-bond acceptors (Lipinski definition) is 7. The maximum absolute atomic E-state index is 12.7. The number of rotatable bonds is 3. The molecule has 1 fully saturated rings. The van der Waals surface area contributed by atoms with Crippen molar-refractivity contribution in [1.29, 1.82) is 0 Å². The molecule has 3 rings (SSSR count). The van der Waals surface area contributed by atoms with Crippen LogP contribution in [0.25, 0.3) is 0 Å². The van der Waals surface area contributed by atoms with Gasteiger partial charge < -0.3 is 14.4 Å². The van der Waals surface area contributed by atoms with Crippen LogP contribution >= 0.6 is 11.3 Å². The molecule has 2 amide bonds. The molecule has 8 nitrogen and oxygen atoms in total. The summed E-state index contributed by atoms with van der Waals surface area (Å²) < 4.78 is 48.3. The molecule has 0 aliphatic carbocycles. The minimum Gasteiger partial charge on any atom is -0.409 e. The third-order valence-electron chi connectivity index (χ3n) is 4.41. The summed E-state index contributed by atoms with van der Waals surface area (Å²) in [7, 11) is 1.61.